The third-order valence-corrected chi connectivity index (χ3v) is 2.36. The zero-order valence-corrected chi connectivity index (χ0v) is 10.3. The minimum Gasteiger partial charge on any atom is -0.266 e. The molecule has 2 aromatic rings. The normalized spacial score (nSPS) is 10.4. The van der Waals surface area contributed by atoms with Crippen molar-refractivity contribution in [2.75, 3.05) is 0 Å². The molecule has 20 heavy (non-hydrogen) atoms. The molecule has 0 bridgehead atoms. The van der Waals surface area contributed by atoms with Crippen molar-refractivity contribution in [3.8, 4) is 0 Å². The smallest absolute Gasteiger partial charge is 0.266 e. The van der Waals surface area contributed by atoms with Gasteiger partial charge in [-0.2, -0.15) is 5.10 Å². The van der Waals surface area contributed by atoms with Crippen molar-refractivity contribution in [3.05, 3.63) is 70.0 Å². The predicted molar refractivity (Wildman–Crippen MR) is 72.4 cm³/mol. The Balaban J connectivity index is 2.02. The minimum atomic E-state index is -0.496. The number of non-ortho nitro benzene ring substituents is 1. The highest BCUT2D eigenvalue weighted by Crippen LogP contribution is 2.11. The second-order valence-electron chi connectivity index (χ2n) is 3.77. The van der Waals surface area contributed by atoms with Gasteiger partial charge >= 0.3 is 0 Å². The van der Waals surface area contributed by atoms with Crippen LogP contribution in [0.1, 0.15) is 16.1 Å². The van der Waals surface area contributed by atoms with Gasteiger partial charge in [0.2, 0.25) is 0 Å². The van der Waals surface area contributed by atoms with Crippen LogP contribution in [0.15, 0.2) is 53.8 Å². The molecular formula is C13H10N4O3. The number of aromatic nitrogens is 1. The number of carbonyl (C=O) groups is 1. The molecule has 2 rings (SSSR count). The van der Waals surface area contributed by atoms with Gasteiger partial charge in [-0.3, -0.25) is 19.9 Å². The van der Waals surface area contributed by atoms with Gasteiger partial charge in [-0.05, 0) is 12.1 Å². The van der Waals surface area contributed by atoms with Gasteiger partial charge in [-0.15, -0.1) is 0 Å². The Labute approximate surface area is 114 Å². The molecule has 0 unspecified atom stereocenters. The summed E-state index contributed by atoms with van der Waals surface area (Å²) in [6.07, 6.45) is 2.83. The third-order valence-electron chi connectivity index (χ3n) is 2.36. The van der Waals surface area contributed by atoms with E-state index < -0.39 is 10.8 Å². The van der Waals surface area contributed by atoms with Crippen molar-refractivity contribution in [3.63, 3.8) is 0 Å². The van der Waals surface area contributed by atoms with Crippen molar-refractivity contribution < 1.29 is 9.72 Å². The average molecular weight is 270 g/mol. The van der Waals surface area contributed by atoms with Crippen LogP contribution in [0.3, 0.4) is 0 Å². The predicted octanol–water partition coefficient (Wildman–Crippen LogP) is 1.75. The van der Waals surface area contributed by atoms with Gasteiger partial charge in [-0.1, -0.05) is 18.2 Å². The molecule has 0 aliphatic carbocycles. The number of nitrogens with zero attached hydrogens (tertiary/aromatic N) is 3. The SMILES string of the molecule is O=C(NN=Cc1cccc([N+](=O)[O-])c1)c1ccccn1. The number of nitro benzene ring substituents is 1. The Morgan fingerprint density at radius 3 is 2.85 bits per heavy atom. The van der Waals surface area contributed by atoms with Crippen LogP contribution in [0.2, 0.25) is 0 Å². The molecule has 0 aliphatic rings. The van der Waals surface area contributed by atoms with E-state index in [1.165, 1.54) is 24.5 Å². The fourth-order valence-electron chi connectivity index (χ4n) is 1.44. The van der Waals surface area contributed by atoms with E-state index in [9.17, 15) is 14.9 Å². The summed E-state index contributed by atoms with van der Waals surface area (Å²) < 4.78 is 0. The van der Waals surface area contributed by atoms with Crippen LogP contribution in [-0.4, -0.2) is 22.0 Å². The number of benzene rings is 1. The Morgan fingerprint density at radius 2 is 2.15 bits per heavy atom. The molecule has 0 saturated heterocycles. The number of hydrogen-bond donors (Lipinski definition) is 1. The standard InChI is InChI=1S/C13H10N4O3/c18-13(12-6-1-2-7-14-12)16-15-9-10-4-3-5-11(8-10)17(19)20/h1-9H,(H,16,18). The van der Waals surface area contributed by atoms with Gasteiger partial charge in [-0.25, -0.2) is 5.43 Å². The van der Waals surface area contributed by atoms with E-state index >= 15 is 0 Å². The second kappa shape index (κ2) is 6.19. The van der Waals surface area contributed by atoms with Gasteiger partial charge in [0.15, 0.2) is 0 Å². The molecule has 100 valence electrons. The molecule has 1 aromatic heterocycles. The molecular weight excluding hydrogens is 260 g/mol. The fraction of sp³-hybridized carbons (Fsp3) is 0. The number of rotatable bonds is 4. The first-order valence-electron chi connectivity index (χ1n) is 5.66. The zero-order chi connectivity index (χ0) is 14.4. The Kier molecular flexibility index (Phi) is 4.13. The van der Waals surface area contributed by atoms with Gasteiger partial charge in [0, 0.05) is 23.9 Å². The molecule has 0 atom stereocenters. The lowest BCUT2D eigenvalue weighted by Gasteiger charge is -1.98. The molecule has 0 fully saturated rings. The molecule has 0 spiro atoms. The van der Waals surface area contributed by atoms with Crippen LogP contribution >= 0.6 is 0 Å². The Morgan fingerprint density at radius 1 is 1.30 bits per heavy atom. The summed E-state index contributed by atoms with van der Waals surface area (Å²) in [7, 11) is 0. The number of nitrogens with one attached hydrogen (secondary N) is 1. The van der Waals surface area contributed by atoms with E-state index in [-0.39, 0.29) is 11.4 Å². The quantitative estimate of drug-likeness (QED) is 0.520. The molecule has 1 heterocycles. The van der Waals surface area contributed by atoms with Gasteiger partial charge < -0.3 is 0 Å². The van der Waals surface area contributed by atoms with E-state index in [1.54, 1.807) is 30.3 Å². The van der Waals surface area contributed by atoms with Crippen LogP contribution in [0, 0.1) is 10.1 Å². The van der Waals surface area contributed by atoms with Crippen molar-refractivity contribution in [2.24, 2.45) is 5.10 Å². The van der Waals surface area contributed by atoms with E-state index in [4.69, 9.17) is 0 Å². The van der Waals surface area contributed by atoms with Gasteiger partial charge in [0.25, 0.3) is 11.6 Å². The first kappa shape index (κ1) is 13.3. The Bertz CT molecular complexity index is 656. The second-order valence-corrected chi connectivity index (χ2v) is 3.77. The van der Waals surface area contributed by atoms with Gasteiger partial charge in [0.05, 0.1) is 11.1 Å². The molecule has 7 heteroatoms. The third kappa shape index (κ3) is 3.45. The maximum atomic E-state index is 11.6. The average Bonchev–Trinajstić information content (AvgIpc) is 2.48. The topological polar surface area (TPSA) is 97.5 Å². The number of hydrogen-bond acceptors (Lipinski definition) is 5. The highest BCUT2D eigenvalue weighted by atomic mass is 16.6. The zero-order valence-electron chi connectivity index (χ0n) is 10.3. The molecule has 7 nitrogen and oxygen atoms in total. The monoisotopic (exact) mass is 270 g/mol. The van der Waals surface area contributed by atoms with Crippen LogP contribution in [0.25, 0.3) is 0 Å². The van der Waals surface area contributed by atoms with E-state index in [1.807, 2.05) is 0 Å². The number of amides is 1. The molecule has 1 aromatic carbocycles. The number of nitro groups is 1. The summed E-state index contributed by atoms with van der Waals surface area (Å²) in [5, 5.41) is 14.3. The Hall–Kier alpha value is -3.09. The van der Waals surface area contributed by atoms with Crippen molar-refractivity contribution in [1.82, 2.24) is 10.4 Å². The molecule has 0 saturated carbocycles. The lowest BCUT2D eigenvalue weighted by molar-refractivity contribution is -0.384. The summed E-state index contributed by atoms with van der Waals surface area (Å²) in [6.45, 7) is 0. The highest BCUT2D eigenvalue weighted by Gasteiger charge is 2.05. The summed E-state index contributed by atoms with van der Waals surface area (Å²) in [6, 6.07) is 10.9. The van der Waals surface area contributed by atoms with Gasteiger partial charge in [0.1, 0.15) is 5.69 Å². The molecule has 0 aliphatic heterocycles. The van der Waals surface area contributed by atoms with E-state index in [0.29, 0.717) is 5.56 Å². The van der Waals surface area contributed by atoms with Crippen LogP contribution in [-0.2, 0) is 0 Å². The molecule has 1 N–H and O–H groups in total. The lowest BCUT2D eigenvalue weighted by atomic mass is 10.2. The maximum Gasteiger partial charge on any atom is 0.289 e. The summed E-state index contributed by atoms with van der Waals surface area (Å²) in [5.74, 6) is -0.452. The van der Waals surface area contributed by atoms with Crippen LogP contribution in [0.5, 0.6) is 0 Å². The minimum absolute atomic E-state index is 0.0370. The molecule has 0 radical (unpaired) electrons. The summed E-state index contributed by atoms with van der Waals surface area (Å²) in [4.78, 5) is 25.6. The van der Waals surface area contributed by atoms with Crippen LogP contribution < -0.4 is 5.43 Å². The first-order valence-corrected chi connectivity index (χ1v) is 5.66. The van der Waals surface area contributed by atoms with Crippen LogP contribution in [0.4, 0.5) is 5.69 Å². The summed E-state index contributed by atoms with van der Waals surface area (Å²) in [5.41, 5.74) is 3.01. The number of pyridine rings is 1. The fourth-order valence-corrected chi connectivity index (χ4v) is 1.44. The van der Waals surface area contributed by atoms with E-state index in [0.717, 1.165) is 0 Å². The highest BCUT2D eigenvalue weighted by molar-refractivity contribution is 5.93. The van der Waals surface area contributed by atoms with E-state index in [2.05, 4.69) is 15.5 Å². The molecule has 1 amide bonds. The first-order chi connectivity index (χ1) is 9.66. The van der Waals surface area contributed by atoms with Crippen molar-refractivity contribution in [1.29, 1.82) is 0 Å². The van der Waals surface area contributed by atoms with Crippen molar-refractivity contribution >= 4 is 17.8 Å². The van der Waals surface area contributed by atoms with Crippen molar-refractivity contribution in [2.45, 2.75) is 0 Å². The largest absolute Gasteiger partial charge is 0.289 e. The number of carbonyl (C=O) groups excluding carboxylic acids is 1. The summed E-state index contributed by atoms with van der Waals surface area (Å²) >= 11 is 0. The number of hydrazone groups is 1. The maximum absolute atomic E-state index is 11.6. The lowest BCUT2D eigenvalue weighted by Crippen LogP contribution is -2.18.